The molecular weight excluding hydrogens is 596 g/mol. The molecule has 3 aromatic carbocycles. The Morgan fingerprint density at radius 3 is 2.47 bits per heavy atom. The molecule has 3 aromatic rings. The van der Waals surface area contributed by atoms with Crippen molar-refractivity contribution in [1.29, 1.82) is 0 Å². The predicted molar refractivity (Wildman–Crippen MR) is 161 cm³/mol. The zero-order valence-electron chi connectivity index (χ0n) is 23.8. The van der Waals surface area contributed by atoms with Crippen LogP contribution in [0.15, 0.2) is 96.3 Å². The number of nitrogens with zero attached hydrogens (tertiary/aromatic N) is 2. The maximum Gasteiger partial charge on any atom is 0.257 e. The zero-order chi connectivity index (χ0) is 31.2. The Morgan fingerprint density at radius 1 is 0.889 bits per heavy atom. The Kier molecular flexibility index (Phi) is 6.11. The van der Waals surface area contributed by atoms with Crippen molar-refractivity contribution in [2.45, 2.75) is 24.7 Å². The second-order valence-corrected chi connectivity index (χ2v) is 12.8. The van der Waals surface area contributed by atoms with E-state index in [9.17, 15) is 24.7 Å². The molecule has 3 fully saturated rings. The quantitative estimate of drug-likeness (QED) is 0.241. The number of hydroxylamine groups is 2. The van der Waals surface area contributed by atoms with Gasteiger partial charge in [0.05, 0.1) is 35.1 Å². The number of ether oxygens (including phenoxy) is 1. The standard InChI is InChI=1S/C35H27ClN2O7/c36-21-7-4-8-22(15-21)37-32(41)27-16-26-24(10-11-25-29(26)33(42)38(44)31(25)40)30(35(27,34(37)43)20-5-2-1-3-6-20)19-13-18-14-23(39)9-12-28(18)45-17-19/h1-10,12,14-15,17,25-27,29-30,39,44H,11,13,16H2/t25-,26+,27-,29-,30-,35+/m0/s1. The summed E-state index contributed by atoms with van der Waals surface area (Å²) in [4.78, 5) is 57.3. The van der Waals surface area contributed by atoms with Crippen molar-refractivity contribution in [3.8, 4) is 11.5 Å². The first-order valence-corrected chi connectivity index (χ1v) is 15.2. The fourth-order valence-electron chi connectivity index (χ4n) is 8.54. The summed E-state index contributed by atoms with van der Waals surface area (Å²) in [5.41, 5.74) is 1.73. The van der Waals surface area contributed by atoms with Crippen molar-refractivity contribution in [3.05, 3.63) is 112 Å². The van der Waals surface area contributed by atoms with E-state index in [1.165, 1.54) is 11.0 Å². The van der Waals surface area contributed by atoms with Gasteiger partial charge in [-0.1, -0.05) is 59.6 Å². The monoisotopic (exact) mass is 622 g/mol. The molecule has 45 heavy (non-hydrogen) atoms. The van der Waals surface area contributed by atoms with E-state index >= 15 is 4.79 Å². The SMILES string of the molecule is O=C1[C@H]2[C@H](CC=C3[C@H](C4=COc5ccc(O)cc5C4)[C@]4(c5ccccc5)C(=O)N(c5cccc(Cl)c5)C(=O)[C@@H]4C[C@H]32)C(=O)N1O. The van der Waals surface area contributed by atoms with E-state index in [1.807, 2.05) is 36.4 Å². The molecule has 0 unspecified atom stereocenters. The first-order valence-electron chi connectivity index (χ1n) is 14.9. The number of carbonyl (C=O) groups excluding carboxylic acids is 4. The second kappa shape index (κ2) is 9.89. The largest absolute Gasteiger partial charge is 0.508 e. The first-order chi connectivity index (χ1) is 21.7. The maximum absolute atomic E-state index is 15.2. The van der Waals surface area contributed by atoms with Gasteiger partial charge in [0.2, 0.25) is 11.8 Å². The lowest BCUT2D eigenvalue weighted by atomic mass is 9.48. The van der Waals surface area contributed by atoms with E-state index in [-0.39, 0.29) is 23.7 Å². The summed E-state index contributed by atoms with van der Waals surface area (Å²) in [5, 5.41) is 21.2. The van der Waals surface area contributed by atoms with Crippen LogP contribution in [-0.4, -0.2) is 39.0 Å². The second-order valence-electron chi connectivity index (χ2n) is 12.4. The van der Waals surface area contributed by atoms with Crippen molar-refractivity contribution >= 4 is 40.9 Å². The third-order valence-corrected chi connectivity index (χ3v) is 10.5. The fraction of sp³-hybridized carbons (Fsp3) is 0.257. The van der Waals surface area contributed by atoms with Crippen molar-refractivity contribution < 1.29 is 34.2 Å². The van der Waals surface area contributed by atoms with Crippen LogP contribution in [0.3, 0.4) is 0 Å². The number of halogens is 1. The molecule has 5 aliphatic rings. The Labute approximate surface area is 262 Å². The molecule has 2 saturated heterocycles. The minimum Gasteiger partial charge on any atom is -0.508 e. The van der Waals surface area contributed by atoms with Gasteiger partial charge in [-0.3, -0.25) is 24.4 Å². The summed E-state index contributed by atoms with van der Waals surface area (Å²) in [5.74, 6) is -5.45. The highest BCUT2D eigenvalue weighted by molar-refractivity contribution is 6.32. The van der Waals surface area contributed by atoms with Gasteiger partial charge in [-0.15, -0.1) is 0 Å². The van der Waals surface area contributed by atoms with Crippen LogP contribution in [0.2, 0.25) is 5.02 Å². The molecule has 3 aliphatic heterocycles. The van der Waals surface area contributed by atoms with Crippen LogP contribution in [0.1, 0.15) is 24.0 Å². The molecule has 9 nitrogen and oxygen atoms in total. The minimum atomic E-state index is -1.43. The average Bonchev–Trinajstić information content (AvgIpc) is 3.41. The van der Waals surface area contributed by atoms with Crippen LogP contribution >= 0.6 is 11.6 Å². The molecule has 0 spiro atoms. The van der Waals surface area contributed by atoms with Crippen LogP contribution in [0.25, 0.3) is 0 Å². The zero-order valence-corrected chi connectivity index (χ0v) is 24.6. The number of carbonyl (C=O) groups is 4. The highest BCUT2D eigenvalue weighted by Gasteiger charge is 2.70. The lowest BCUT2D eigenvalue weighted by molar-refractivity contribution is -0.173. The topological polar surface area (TPSA) is 124 Å². The summed E-state index contributed by atoms with van der Waals surface area (Å²) in [6.07, 6.45) is 4.17. The summed E-state index contributed by atoms with van der Waals surface area (Å²) in [6, 6.07) is 20.6. The number of allylic oxidation sites excluding steroid dienone is 3. The number of fused-ring (bicyclic) bond motifs is 5. The van der Waals surface area contributed by atoms with E-state index < -0.39 is 58.6 Å². The van der Waals surface area contributed by atoms with Gasteiger partial charge in [-0.25, -0.2) is 4.90 Å². The smallest absolute Gasteiger partial charge is 0.257 e. The van der Waals surface area contributed by atoms with E-state index in [2.05, 4.69) is 0 Å². The number of benzene rings is 3. The van der Waals surface area contributed by atoms with Gasteiger partial charge in [0.15, 0.2) is 0 Å². The Bertz CT molecular complexity index is 1890. The van der Waals surface area contributed by atoms with Crippen molar-refractivity contribution in [1.82, 2.24) is 5.06 Å². The predicted octanol–water partition coefficient (Wildman–Crippen LogP) is 4.95. The van der Waals surface area contributed by atoms with Crippen molar-refractivity contribution in [3.63, 3.8) is 0 Å². The van der Waals surface area contributed by atoms with Crippen LogP contribution in [0.4, 0.5) is 5.69 Å². The summed E-state index contributed by atoms with van der Waals surface area (Å²) < 4.78 is 6.09. The molecule has 8 rings (SSSR count). The van der Waals surface area contributed by atoms with E-state index in [0.29, 0.717) is 39.6 Å². The van der Waals surface area contributed by atoms with Crippen LogP contribution in [-0.2, 0) is 31.0 Å². The van der Waals surface area contributed by atoms with Gasteiger partial charge in [0, 0.05) is 22.9 Å². The normalized spacial score (nSPS) is 30.2. The van der Waals surface area contributed by atoms with Gasteiger partial charge >= 0.3 is 0 Å². The molecule has 0 bridgehead atoms. The highest BCUT2D eigenvalue weighted by atomic mass is 35.5. The summed E-state index contributed by atoms with van der Waals surface area (Å²) >= 11 is 6.34. The number of phenolic OH excluding ortho intramolecular Hbond substituents is 1. The van der Waals surface area contributed by atoms with Crippen LogP contribution in [0, 0.1) is 29.6 Å². The first kappa shape index (κ1) is 27.8. The lowest BCUT2D eigenvalue weighted by Gasteiger charge is -2.51. The average molecular weight is 623 g/mol. The number of imide groups is 2. The van der Waals surface area contributed by atoms with Gasteiger partial charge in [0.1, 0.15) is 11.5 Å². The molecule has 0 radical (unpaired) electrons. The number of phenols is 1. The Morgan fingerprint density at radius 2 is 1.69 bits per heavy atom. The number of amides is 4. The molecule has 6 atom stereocenters. The number of hydrogen-bond acceptors (Lipinski definition) is 7. The molecule has 0 aromatic heterocycles. The molecule has 3 heterocycles. The third kappa shape index (κ3) is 3.77. The third-order valence-electron chi connectivity index (χ3n) is 10.3. The Balaban J connectivity index is 1.38. The molecule has 10 heteroatoms. The van der Waals surface area contributed by atoms with Crippen LogP contribution < -0.4 is 9.64 Å². The fourth-order valence-corrected chi connectivity index (χ4v) is 8.73. The van der Waals surface area contributed by atoms with Crippen molar-refractivity contribution in [2.24, 2.45) is 29.6 Å². The van der Waals surface area contributed by atoms with Crippen LogP contribution in [0.5, 0.6) is 11.5 Å². The van der Waals surface area contributed by atoms with E-state index in [4.69, 9.17) is 16.3 Å². The molecule has 1 saturated carbocycles. The van der Waals surface area contributed by atoms with Gasteiger partial charge in [-0.05, 0) is 66.3 Å². The summed E-state index contributed by atoms with van der Waals surface area (Å²) in [6.45, 7) is 0. The Hall–Kier alpha value is -4.73. The van der Waals surface area contributed by atoms with Gasteiger partial charge < -0.3 is 9.84 Å². The van der Waals surface area contributed by atoms with Gasteiger partial charge in [-0.2, -0.15) is 5.06 Å². The molecule has 2 N–H and O–H groups in total. The molecular formula is C35H27ClN2O7. The van der Waals surface area contributed by atoms with Gasteiger partial charge in [0.25, 0.3) is 11.8 Å². The summed E-state index contributed by atoms with van der Waals surface area (Å²) in [7, 11) is 0. The molecule has 2 aliphatic carbocycles. The molecule has 4 amide bonds. The number of hydrogen-bond donors (Lipinski definition) is 2. The van der Waals surface area contributed by atoms with E-state index in [1.54, 1.807) is 42.7 Å². The number of aromatic hydroxyl groups is 1. The van der Waals surface area contributed by atoms with E-state index in [0.717, 1.165) is 5.57 Å². The highest BCUT2D eigenvalue weighted by Crippen LogP contribution is 2.63. The number of anilines is 1. The number of rotatable bonds is 3. The lowest BCUT2D eigenvalue weighted by Crippen LogP contribution is -2.55. The maximum atomic E-state index is 15.2. The van der Waals surface area contributed by atoms with Crippen molar-refractivity contribution in [2.75, 3.05) is 4.90 Å². The minimum absolute atomic E-state index is 0.0628. The molecule has 226 valence electrons.